The third kappa shape index (κ3) is 13.7. The number of carbonyl (C=O) groups excluding carboxylic acids is 6. The Morgan fingerprint density at radius 2 is 0.774 bits per heavy atom. The molecule has 0 aliphatic carbocycles. The van der Waals surface area contributed by atoms with Gasteiger partial charge in [-0.2, -0.15) is 0 Å². The summed E-state index contributed by atoms with van der Waals surface area (Å²) in [6, 6.07) is 0. The summed E-state index contributed by atoms with van der Waals surface area (Å²) < 4.78 is 0. The van der Waals surface area contributed by atoms with Gasteiger partial charge in [0.15, 0.2) is 0 Å². The van der Waals surface area contributed by atoms with Gasteiger partial charge >= 0.3 is 113 Å². The minimum absolute atomic E-state index is 0. The average Bonchev–Trinajstić information content (AvgIpc) is 2.51. The van der Waals surface area contributed by atoms with E-state index in [4.69, 9.17) is 20.4 Å². The van der Waals surface area contributed by atoms with E-state index < -0.39 is 72.1 Å². The van der Waals surface area contributed by atoms with E-state index in [1.165, 1.54) is 0 Å². The molecule has 160 valence electrons. The van der Waals surface area contributed by atoms with Gasteiger partial charge in [0.05, 0.1) is 23.9 Å². The van der Waals surface area contributed by atoms with E-state index in [1.54, 1.807) is 0 Å². The second-order valence-electron chi connectivity index (χ2n) is 4.96. The molecule has 31 heavy (non-hydrogen) atoms. The summed E-state index contributed by atoms with van der Waals surface area (Å²) in [6.07, 6.45) is -9.06. The van der Waals surface area contributed by atoms with Crippen LogP contribution >= 0.6 is 0 Å². The van der Waals surface area contributed by atoms with Gasteiger partial charge in [-0.1, -0.05) is 0 Å². The molecular weight excluding hydrogens is 520 g/mol. The summed E-state index contributed by atoms with van der Waals surface area (Å²) >= 11 is 0. The first-order chi connectivity index (χ1) is 12.4. The van der Waals surface area contributed by atoms with Gasteiger partial charge in [0, 0.05) is 24.8 Å². The molecule has 0 rings (SSSR count). The Balaban J connectivity index is -0.000000133. The van der Waals surface area contributed by atoms with Crippen molar-refractivity contribution < 1.29 is 79.8 Å². The number of aliphatic hydroxyl groups is 4. The Labute approximate surface area is 261 Å². The summed E-state index contributed by atoms with van der Waals surface area (Å²) in [6.45, 7) is 0. The molecule has 0 amide bonds. The first kappa shape index (κ1) is 41.7. The maximum Gasteiger partial charge on any atom is 2.00 e. The smallest absolute Gasteiger partial charge is 0.550 e. The van der Waals surface area contributed by atoms with Crippen molar-refractivity contribution in [1.29, 1.82) is 0 Å². The van der Waals surface area contributed by atoms with Crippen LogP contribution in [-0.2, 0) is 28.8 Å². The monoisotopic (exact) mass is 530 g/mol. The van der Waals surface area contributed by atoms with E-state index in [9.17, 15) is 59.4 Å². The van der Waals surface area contributed by atoms with Gasteiger partial charge < -0.3 is 79.8 Å². The summed E-state index contributed by atoms with van der Waals surface area (Å²) in [4.78, 5) is 60.3. The van der Waals surface area contributed by atoms with Crippen molar-refractivity contribution in [3.8, 4) is 0 Å². The molecule has 0 aliphatic heterocycles. The second-order valence-corrected chi connectivity index (χ2v) is 4.96. The van der Waals surface area contributed by atoms with Crippen molar-refractivity contribution in [3.63, 3.8) is 0 Å². The summed E-state index contributed by atoms with van der Waals surface area (Å²) in [7, 11) is 0. The molecule has 0 fully saturated rings. The second kappa shape index (κ2) is 17.9. The predicted octanol–water partition coefficient (Wildman–Crippen LogP) is -13.7. The van der Waals surface area contributed by atoms with Crippen LogP contribution in [0.25, 0.3) is 0 Å². The Hall–Kier alpha value is 0.439. The topological polar surface area (TPSA) is 322 Å². The number of carboxylic acids is 6. The van der Waals surface area contributed by atoms with Crippen molar-refractivity contribution in [2.75, 3.05) is 0 Å². The quantitative estimate of drug-likeness (QED) is 0.190. The molecule has 0 aromatic carbocycles. The third-order valence-electron chi connectivity index (χ3n) is 2.89. The zero-order valence-corrected chi connectivity index (χ0v) is 22.0. The van der Waals surface area contributed by atoms with Crippen LogP contribution in [0.1, 0.15) is 12.8 Å². The summed E-state index contributed by atoms with van der Waals surface area (Å²) in [5.74, 6) is -13.7. The van der Waals surface area contributed by atoms with Crippen molar-refractivity contribution in [3.05, 3.63) is 0 Å². The molecular formula is C12H10Ca3O16. The molecule has 0 saturated heterocycles. The molecule has 19 heteroatoms. The number of carbonyl (C=O) groups is 6. The van der Waals surface area contributed by atoms with Crippen molar-refractivity contribution in [2.45, 2.75) is 36.3 Å². The fourth-order valence-electron chi connectivity index (χ4n) is 1.39. The summed E-state index contributed by atoms with van der Waals surface area (Å²) in [5.41, 5.74) is -6.92. The Kier molecular flexibility index (Phi) is 24.0. The van der Waals surface area contributed by atoms with Gasteiger partial charge in [-0.15, -0.1) is 0 Å². The minimum atomic E-state index is -3.46. The fraction of sp³-hybridized carbons (Fsp3) is 0.500. The predicted molar refractivity (Wildman–Crippen MR) is 78.5 cm³/mol. The number of rotatable bonds is 10. The van der Waals surface area contributed by atoms with Crippen molar-refractivity contribution in [1.82, 2.24) is 0 Å². The number of hydrogen-bond acceptors (Lipinski definition) is 16. The van der Waals surface area contributed by atoms with E-state index >= 15 is 0 Å². The van der Waals surface area contributed by atoms with E-state index in [1.807, 2.05) is 0 Å². The van der Waals surface area contributed by atoms with Crippen molar-refractivity contribution >= 4 is 149 Å². The van der Waals surface area contributed by atoms with Crippen LogP contribution in [-0.4, -0.2) is 193 Å². The first-order valence-corrected chi connectivity index (χ1v) is 6.48. The molecule has 0 aromatic heterocycles. The van der Waals surface area contributed by atoms with Crippen LogP contribution in [0.2, 0.25) is 0 Å². The number of aliphatic carboxylic acids is 6. The maximum atomic E-state index is 10.2. The average molecular weight is 530 g/mol. The van der Waals surface area contributed by atoms with Crippen LogP contribution in [0, 0.1) is 0 Å². The molecule has 4 N–H and O–H groups in total. The van der Waals surface area contributed by atoms with Crippen LogP contribution in [0.15, 0.2) is 0 Å². The normalized spacial score (nSPS) is 15.1. The zero-order valence-electron chi connectivity index (χ0n) is 15.4. The SMILES string of the molecule is O=C([O-])CC(O)(C(=O)[O-])[C@H](O)C(=O)[O-].O=C([O-])CC(O)(C(=O)[O-])[C@H](O)C(=O)[O-].[Ca+2].[Ca+2].[Ca+2]. The van der Waals surface area contributed by atoms with Gasteiger partial charge in [-0.3, -0.25) is 0 Å². The molecule has 0 bridgehead atoms. The van der Waals surface area contributed by atoms with E-state index in [0.29, 0.717) is 0 Å². The first-order valence-electron chi connectivity index (χ1n) is 6.48. The van der Waals surface area contributed by atoms with Crippen molar-refractivity contribution in [2.24, 2.45) is 0 Å². The maximum absolute atomic E-state index is 10.2. The molecule has 16 nitrogen and oxygen atoms in total. The minimum Gasteiger partial charge on any atom is -0.550 e. The molecule has 2 unspecified atom stereocenters. The Morgan fingerprint density at radius 1 is 0.581 bits per heavy atom. The standard InChI is InChI=1S/2C6H8O8.3Ca/c2*7-2(8)1-6(14,5(12)13)3(9)4(10)11;;;/h2*3,9,14H,1H2,(H,7,8)(H,10,11)(H,12,13);;;/q;;3*+2/p-6/t2*3-,6?;;;/m11.../s1. The van der Waals surface area contributed by atoms with Crippen LogP contribution in [0.4, 0.5) is 0 Å². The number of hydrogen-bond donors (Lipinski definition) is 4. The van der Waals surface area contributed by atoms with Crippen LogP contribution in [0.3, 0.4) is 0 Å². The largest absolute Gasteiger partial charge is 2.00 e. The summed E-state index contributed by atoms with van der Waals surface area (Å²) in [5, 5.41) is 95.5. The van der Waals surface area contributed by atoms with E-state index in [2.05, 4.69) is 0 Å². The molecule has 0 radical (unpaired) electrons. The van der Waals surface area contributed by atoms with E-state index in [-0.39, 0.29) is 113 Å². The fourth-order valence-corrected chi connectivity index (χ4v) is 1.39. The Morgan fingerprint density at radius 3 is 0.871 bits per heavy atom. The molecule has 0 saturated carbocycles. The Bertz CT molecular complexity index is 612. The number of carboxylic acid groups (broad SMARTS) is 6. The van der Waals surface area contributed by atoms with Crippen LogP contribution < -0.4 is 30.6 Å². The van der Waals surface area contributed by atoms with Gasteiger partial charge in [0.2, 0.25) is 0 Å². The molecule has 0 spiro atoms. The van der Waals surface area contributed by atoms with Crippen LogP contribution in [0.5, 0.6) is 0 Å². The number of aliphatic hydroxyl groups excluding tert-OH is 2. The van der Waals surface area contributed by atoms with Gasteiger partial charge in [0.25, 0.3) is 0 Å². The third-order valence-corrected chi connectivity index (χ3v) is 2.89. The molecule has 0 heterocycles. The van der Waals surface area contributed by atoms with Gasteiger partial charge in [0.1, 0.15) is 23.4 Å². The molecule has 4 atom stereocenters. The van der Waals surface area contributed by atoms with Gasteiger partial charge in [-0.05, 0) is 0 Å². The zero-order chi connectivity index (χ0) is 23.0. The molecule has 0 aromatic rings. The van der Waals surface area contributed by atoms with E-state index in [0.717, 1.165) is 0 Å². The molecule has 0 aliphatic rings. The van der Waals surface area contributed by atoms with Gasteiger partial charge in [-0.25, -0.2) is 0 Å².